The molecule has 0 radical (unpaired) electrons. The molecule has 0 heteroatoms. The zero-order valence-corrected chi connectivity index (χ0v) is 8.44. The average Bonchev–Trinajstić information content (AvgIpc) is 2.62. The van der Waals surface area contributed by atoms with E-state index in [1.54, 1.807) is 5.57 Å². The Hall–Kier alpha value is -0.260. The smallest absolute Gasteiger partial charge is 0.00108 e. The lowest BCUT2D eigenvalue weighted by atomic mass is 9.86. The Balaban J connectivity index is 2.42. The first-order valence-corrected chi connectivity index (χ1v) is 4.69. The van der Waals surface area contributed by atoms with Crippen LogP contribution in [0.3, 0.4) is 0 Å². The molecule has 0 nitrogen and oxygen atoms in total. The van der Waals surface area contributed by atoms with Crippen LogP contribution in [0.2, 0.25) is 0 Å². The minimum absolute atomic E-state index is 0.425. The first-order chi connectivity index (χ1) is 4.96. The largest absolute Gasteiger partial charge is 0.0767 e. The molecule has 0 saturated heterocycles. The van der Waals surface area contributed by atoms with Gasteiger partial charge in [-0.1, -0.05) is 52.7 Å². The minimum Gasteiger partial charge on any atom is -0.0767 e. The summed E-state index contributed by atoms with van der Waals surface area (Å²) in [4.78, 5) is 0. The normalized spacial score (nSPS) is 26.3. The van der Waals surface area contributed by atoms with Gasteiger partial charge in [-0.3, -0.25) is 0 Å². The highest BCUT2D eigenvalue weighted by Crippen LogP contribution is 2.47. The van der Waals surface area contributed by atoms with E-state index in [4.69, 9.17) is 0 Å². The maximum absolute atomic E-state index is 2.44. The molecule has 1 aliphatic rings. The van der Waals surface area contributed by atoms with Gasteiger partial charge in [-0.25, -0.2) is 0 Å². The summed E-state index contributed by atoms with van der Waals surface area (Å²) < 4.78 is 0. The van der Waals surface area contributed by atoms with Gasteiger partial charge in [0.25, 0.3) is 0 Å². The third-order valence-corrected chi connectivity index (χ3v) is 2.73. The van der Waals surface area contributed by atoms with Crippen LogP contribution in [-0.2, 0) is 0 Å². The summed E-state index contributed by atoms with van der Waals surface area (Å²) in [5, 5.41) is 0. The predicted octanol–water partition coefficient (Wildman–Crippen LogP) is 3.63. The Morgan fingerprint density at radius 2 is 2.00 bits per heavy atom. The Bertz CT molecular complexity index is 169. The summed E-state index contributed by atoms with van der Waals surface area (Å²) in [6.45, 7) is 11.5. The highest BCUT2D eigenvalue weighted by molar-refractivity contribution is 5.34. The van der Waals surface area contributed by atoms with Gasteiger partial charge in [0, 0.05) is 5.92 Å². The molecule has 0 N–H and O–H groups in total. The summed E-state index contributed by atoms with van der Waals surface area (Å²) in [5.41, 5.74) is 2.10. The topological polar surface area (TPSA) is 0 Å². The van der Waals surface area contributed by atoms with Crippen molar-refractivity contribution >= 4 is 0 Å². The van der Waals surface area contributed by atoms with E-state index < -0.39 is 0 Å². The van der Waals surface area contributed by atoms with Crippen LogP contribution in [0.25, 0.3) is 0 Å². The molecule has 0 heterocycles. The molecule has 0 saturated carbocycles. The van der Waals surface area contributed by atoms with Gasteiger partial charge < -0.3 is 0 Å². The van der Waals surface area contributed by atoms with Gasteiger partial charge in [-0.05, 0) is 11.3 Å². The minimum atomic E-state index is 0.425. The van der Waals surface area contributed by atoms with Crippen molar-refractivity contribution in [3.63, 3.8) is 0 Å². The Labute approximate surface area is 70.7 Å². The summed E-state index contributed by atoms with van der Waals surface area (Å²) in [7, 11) is 0. The van der Waals surface area contributed by atoms with Crippen LogP contribution in [0.15, 0.2) is 11.6 Å². The number of allylic oxidation sites excluding steroid dienone is 2. The quantitative estimate of drug-likeness (QED) is 0.530. The lowest BCUT2D eigenvalue weighted by Gasteiger charge is -2.18. The highest BCUT2D eigenvalue weighted by atomic mass is 14.4. The maximum atomic E-state index is 2.44. The molecule has 0 amide bonds. The Kier molecular flexibility index (Phi) is 2.13. The van der Waals surface area contributed by atoms with E-state index in [9.17, 15) is 0 Å². The summed E-state index contributed by atoms with van der Waals surface area (Å²) in [6, 6.07) is 0. The van der Waals surface area contributed by atoms with Crippen LogP contribution in [-0.4, -0.2) is 0 Å². The Morgan fingerprint density at radius 3 is 2.27 bits per heavy atom. The molecule has 11 heavy (non-hydrogen) atoms. The second kappa shape index (κ2) is 2.66. The van der Waals surface area contributed by atoms with Crippen LogP contribution in [0.4, 0.5) is 0 Å². The molecule has 0 aromatic rings. The highest BCUT2D eigenvalue weighted by Gasteiger charge is 2.36. The fraction of sp³-hybridized carbons (Fsp3) is 0.818. The molecule has 2 unspecified atom stereocenters. The first-order valence-electron chi connectivity index (χ1n) is 4.69. The maximum Gasteiger partial charge on any atom is 0.00108 e. The fourth-order valence-electron chi connectivity index (χ4n) is 1.62. The molecular weight excluding hydrogens is 132 g/mol. The molecule has 1 aliphatic carbocycles. The van der Waals surface area contributed by atoms with Gasteiger partial charge in [0.1, 0.15) is 0 Å². The van der Waals surface area contributed by atoms with E-state index in [1.807, 2.05) is 0 Å². The van der Waals surface area contributed by atoms with Crippen molar-refractivity contribution < 1.29 is 0 Å². The van der Waals surface area contributed by atoms with E-state index in [1.165, 1.54) is 6.42 Å². The van der Waals surface area contributed by atoms with Crippen LogP contribution in [0.5, 0.6) is 0 Å². The van der Waals surface area contributed by atoms with E-state index in [2.05, 4.69) is 40.7 Å². The number of hydrogen-bond acceptors (Lipinski definition) is 0. The summed E-state index contributed by atoms with van der Waals surface area (Å²) >= 11 is 0. The van der Waals surface area contributed by atoms with Crippen molar-refractivity contribution in [2.75, 3.05) is 0 Å². The van der Waals surface area contributed by atoms with Crippen molar-refractivity contribution in [1.82, 2.24) is 0 Å². The summed E-state index contributed by atoms with van der Waals surface area (Å²) in [6.07, 6.45) is 3.74. The SMILES string of the molecule is CCC(C)C1C=C1C(C)(C)C. The van der Waals surface area contributed by atoms with Crippen molar-refractivity contribution in [1.29, 1.82) is 0 Å². The molecule has 2 atom stereocenters. The number of hydrogen-bond donors (Lipinski definition) is 0. The van der Waals surface area contributed by atoms with Crippen molar-refractivity contribution in [2.24, 2.45) is 17.3 Å². The molecule has 0 aliphatic heterocycles. The molecule has 64 valence electrons. The molecule has 0 aromatic heterocycles. The van der Waals surface area contributed by atoms with Crippen molar-refractivity contribution in [2.45, 2.75) is 41.0 Å². The molecule has 0 fully saturated rings. The lowest BCUT2D eigenvalue weighted by molar-refractivity contribution is 0.436. The zero-order chi connectivity index (χ0) is 8.65. The van der Waals surface area contributed by atoms with Crippen LogP contribution >= 0.6 is 0 Å². The van der Waals surface area contributed by atoms with Gasteiger partial charge >= 0.3 is 0 Å². The fourth-order valence-corrected chi connectivity index (χ4v) is 1.62. The molecule has 0 aromatic carbocycles. The van der Waals surface area contributed by atoms with Crippen LogP contribution in [0, 0.1) is 17.3 Å². The van der Waals surface area contributed by atoms with Gasteiger partial charge in [0.15, 0.2) is 0 Å². The first kappa shape index (κ1) is 8.83. The lowest BCUT2D eigenvalue weighted by Crippen LogP contribution is -2.08. The predicted molar refractivity (Wildman–Crippen MR) is 50.5 cm³/mol. The standard InChI is InChI=1S/C11H20/c1-6-8(2)9-7-10(9)11(3,4)5/h7-9H,6H2,1-5H3. The van der Waals surface area contributed by atoms with Crippen LogP contribution < -0.4 is 0 Å². The van der Waals surface area contributed by atoms with Crippen molar-refractivity contribution in [3.8, 4) is 0 Å². The third kappa shape index (κ3) is 1.85. The number of rotatable bonds is 2. The average molecular weight is 152 g/mol. The third-order valence-electron chi connectivity index (χ3n) is 2.73. The monoisotopic (exact) mass is 152 g/mol. The van der Waals surface area contributed by atoms with E-state index in [0.29, 0.717) is 5.41 Å². The van der Waals surface area contributed by atoms with Crippen LogP contribution in [0.1, 0.15) is 41.0 Å². The second-order valence-electron chi connectivity index (χ2n) is 4.78. The second-order valence-corrected chi connectivity index (χ2v) is 4.78. The molecule has 0 spiro atoms. The summed E-state index contributed by atoms with van der Waals surface area (Å²) in [5.74, 6) is 1.70. The molecule has 0 bridgehead atoms. The van der Waals surface area contributed by atoms with E-state index in [0.717, 1.165) is 11.8 Å². The Morgan fingerprint density at radius 1 is 1.45 bits per heavy atom. The van der Waals surface area contributed by atoms with Gasteiger partial charge in [-0.2, -0.15) is 0 Å². The van der Waals surface area contributed by atoms with Crippen molar-refractivity contribution in [3.05, 3.63) is 11.6 Å². The van der Waals surface area contributed by atoms with Gasteiger partial charge in [0.2, 0.25) is 0 Å². The van der Waals surface area contributed by atoms with Gasteiger partial charge in [-0.15, -0.1) is 0 Å². The van der Waals surface area contributed by atoms with Gasteiger partial charge in [0.05, 0.1) is 0 Å². The molecule has 1 rings (SSSR count). The van der Waals surface area contributed by atoms with E-state index >= 15 is 0 Å². The zero-order valence-electron chi connectivity index (χ0n) is 8.44. The van der Waals surface area contributed by atoms with E-state index in [-0.39, 0.29) is 0 Å². The molecular formula is C11H20.